The van der Waals surface area contributed by atoms with Crippen molar-refractivity contribution in [2.45, 2.75) is 103 Å². The lowest BCUT2D eigenvalue weighted by atomic mass is 9.71. The van der Waals surface area contributed by atoms with Crippen LogP contribution in [0.1, 0.15) is 76.9 Å². The zero-order chi connectivity index (χ0) is 27.5. The van der Waals surface area contributed by atoms with E-state index in [1.54, 1.807) is 26.0 Å². The molecular weight excluding hydrogens is 514 g/mol. The van der Waals surface area contributed by atoms with Crippen molar-refractivity contribution in [3.05, 3.63) is 33.8 Å². The highest BCUT2D eigenvalue weighted by molar-refractivity contribution is 7.09. The van der Waals surface area contributed by atoms with Gasteiger partial charge in [-0.1, -0.05) is 44.9 Å². The molecule has 2 aliphatic rings. The molecule has 1 aromatic heterocycles. The zero-order valence-corrected chi connectivity index (χ0v) is 24.0. The zero-order valence-electron chi connectivity index (χ0n) is 22.4. The van der Waals surface area contributed by atoms with Crippen LogP contribution < -0.4 is 0 Å². The molecule has 0 amide bonds. The number of epoxide rings is 1. The van der Waals surface area contributed by atoms with Gasteiger partial charge in [-0.05, 0) is 45.1 Å². The fourth-order valence-electron chi connectivity index (χ4n) is 5.09. The van der Waals surface area contributed by atoms with Crippen LogP contribution in [0.3, 0.4) is 0 Å². The average Bonchev–Trinajstić information content (AvgIpc) is 3.27. The molecule has 0 unspecified atom stereocenters. The van der Waals surface area contributed by atoms with E-state index in [1.165, 1.54) is 11.3 Å². The van der Waals surface area contributed by atoms with E-state index in [4.69, 9.17) is 21.1 Å². The van der Waals surface area contributed by atoms with Gasteiger partial charge in [0.1, 0.15) is 11.9 Å². The fourth-order valence-corrected chi connectivity index (χ4v) is 5.90. The molecule has 2 aliphatic heterocycles. The van der Waals surface area contributed by atoms with Gasteiger partial charge in [-0.2, -0.15) is 0 Å². The number of halogens is 1. The van der Waals surface area contributed by atoms with Gasteiger partial charge < -0.3 is 19.7 Å². The lowest BCUT2D eigenvalue weighted by Gasteiger charge is -2.35. The molecule has 1 aromatic rings. The second kappa shape index (κ2) is 12.1. The van der Waals surface area contributed by atoms with Gasteiger partial charge in [-0.15, -0.1) is 17.9 Å². The summed E-state index contributed by atoms with van der Waals surface area (Å²) >= 11 is 8.14. The minimum atomic E-state index is -1.30. The Morgan fingerprint density at radius 2 is 2.03 bits per heavy atom. The first-order chi connectivity index (χ1) is 17.3. The summed E-state index contributed by atoms with van der Waals surface area (Å²) in [7, 11) is 0. The van der Waals surface area contributed by atoms with E-state index in [1.807, 2.05) is 26.2 Å². The Morgan fingerprint density at radius 3 is 2.65 bits per heavy atom. The molecular formula is C28H40ClNO6S. The molecule has 2 fully saturated rings. The number of cyclic esters (lactones) is 1. The molecule has 2 saturated heterocycles. The predicted octanol–water partition coefficient (Wildman–Crippen LogP) is 5.21. The summed E-state index contributed by atoms with van der Waals surface area (Å²) in [5.41, 5.74) is -0.975. The number of aryl methyl sites for hydroxylation is 1. The second-order valence-corrected chi connectivity index (χ2v) is 12.7. The summed E-state index contributed by atoms with van der Waals surface area (Å²) in [6.45, 7) is 12.8. The maximum absolute atomic E-state index is 13.5. The van der Waals surface area contributed by atoms with Gasteiger partial charge in [0.2, 0.25) is 0 Å². The first-order valence-electron chi connectivity index (χ1n) is 13.0. The van der Waals surface area contributed by atoms with Gasteiger partial charge >= 0.3 is 5.97 Å². The molecule has 0 spiro atoms. The Balaban J connectivity index is 1.88. The average molecular weight is 554 g/mol. The summed E-state index contributed by atoms with van der Waals surface area (Å²) < 4.78 is 11.8. The molecule has 0 aliphatic carbocycles. The third-order valence-corrected chi connectivity index (χ3v) is 9.02. The van der Waals surface area contributed by atoms with Crippen molar-refractivity contribution in [2.24, 2.45) is 17.3 Å². The normalized spacial score (nSPS) is 35.9. The lowest BCUT2D eigenvalue weighted by molar-refractivity contribution is -0.154. The fraction of sp³-hybridized carbons (Fsp3) is 0.679. The Kier molecular flexibility index (Phi) is 9.78. The number of rotatable bonds is 4. The monoisotopic (exact) mass is 553 g/mol. The highest BCUT2D eigenvalue weighted by Crippen LogP contribution is 2.45. The van der Waals surface area contributed by atoms with E-state index in [-0.39, 0.29) is 36.2 Å². The van der Waals surface area contributed by atoms with Crippen molar-refractivity contribution in [1.82, 2.24) is 4.98 Å². The Bertz CT molecular complexity index is 1020. The number of ketones is 1. The van der Waals surface area contributed by atoms with Crippen molar-refractivity contribution in [2.75, 3.05) is 0 Å². The van der Waals surface area contributed by atoms with Gasteiger partial charge in [0.05, 0.1) is 51.5 Å². The van der Waals surface area contributed by atoms with Crippen LogP contribution in [0, 0.1) is 24.2 Å². The number of allylic oxidation sites excluding steroid dienone is 1. The van der Waals surface area contributed by atoms with Crippen LogP contribution in [0.25, 0.3) is 6.08 Å². The molecule has 0 saturated carbocycles. The number of aromatic nitrogens is 1. The first kappa shape index (κ1) is 30.0. The number of aliphatic hydroxyl groups is 2. The quantitative estimate of drug-likeness (QED) is 0.299. The smallest absolute Gasteiger partial charge is 0.309 e. The maximum atomic E-state index is 13.5. The number of carbonyl (C=O) groups excluding carboxylic acids is 2. The third kappa shape index (κ3) is 7.30. The van der Waals surface area contributed by atoms with Gasteiger partial charge in [-0.25, -0.2) is 4.98 Å². The van der Waals surface area contributed by atoms with Crippen LogP contribution in [-0.4, -0.2) is 57.0 Å². The van der Waals surface area contributed by atoms with Gasteiger partial charge in [0.15, 0.2) is 0 Å². The molecule has 37 heavy (non-hydrogen) atoms. The van der Waals surface area contributed by atoms with Crippen LogP contribution in [0.2, 0.25) is 0 Å². The van der Waals surface area contributed by atoms with E-state index in [2.05, 4.69) is 11.6 Å². The molecule has 9 heteroatoms. The number of aliphatic hydroxyl groups excluding tert-OH is 2. The second-order valence-electron chi connectivity index (χ2n) is 11.3. The minimum Gasteiger partial charge on any atom is -0.456 e. The van der Waals surface area contributed by atoms with E-state index >= 15 is 0 Å². The molecule has 7 nitrogen and oxygen atoms in total. The summed E-state index contributed by atoms with van der Waals surface area (Å²) in [5, 5.41) is 25.2. The number of ether oxygens (including phenoxy) is 2. The van der Waals surface area contributed by atoms with Crippen LogP contribution in [0.4, 0.5) is 0 Å². The summed E-state index contributed by atoms with van der Waals surface area (Å²) in [6, 6.07) is 0. The van der Waals surface area contributed by atoms with Crippen molar-refractivity contribution in [1.29, 1.82) is 0 Å². The number of Topliss-reactive ketones (excluding diaryl/α,β-unsaturated/α-hetero) is 1. The summed E-state index contributed by atoms with van der Waals surface area (Å²) in [6.07, 6.45) is 2.77. The third-order valence-electron chi connectivity index (χ3n) is 7.88. The van der Waals surface area contributed by atoms with E-state index in [0.717, 1.165) is 24.3 Å². The van der Waals surface area contributed by atoms with Crippen LogP contribution in [-0.2, 0) is 19.1 Å². The molecule has 0 bridgehead atoms. The van der Waals surface area contributed by atoms with E-state index < -0.39 is 35.6 Å². The SMILES string of the molecule is C=CC[C@H]1C(=O)C(C)(C)[C@@H](O)CC(=O)O[C@H](C(Cl)=Cc2csc(C)n2)C[C@H]2O[C@@]2(C)CCC[C@H](C)[C@@H]1O. The van der Waals surface area contributed by atoms with Crippen LogP contribution in [0.5, 0.6) is 0 Å². The van der Waals surface area contributed by atoms with Gasteiger partial charge in [-0.3, -0.25) is 9.59 Å². The Labute approximate surface area is 228 Å². The minimum absolute atomic E-state index is 0.132. The lowest BCUT2D eigenvalue weighted by Crippen LogP contribution is -2.46. The topological polar surface area (TPSA) is 109 Å². The Morgan fingerprint density at radius 1 is 1.32 bits per heavy atom. The number of hydrogen-bond donors (Lipinski definition) is 2. The van der Waals surface area contributed by atoms with E-state index in [0.29, 0.717) is 17.1 Å². The van der Waals surface area contributed by atoms with Gasteiger partial charge in [0.25, 0.3) is 0 Å². The number of esters is 1. The predicted molar refractivity (Wildman–Crippen MR) is 145 cm³/mol. The molecule has 3 heterocycles. The van der Waals surface area contributed by atoms with Crippen LogP contribution in [0.15, 0.2) is 23.1 Å². The number of thiazole rings is 1. The standard InChI is InChI=1S/C28H40ClNO6S/c1-7-9-19-25(33)16(2)10-8-11-28(6)23(36-28)13-21(20(29)12-18-15-37-17(3)30-18)35-24(32)14-22(31)27(4,5)26(19)34/h7,12,15-16,19,21-23,25,31,33H,1,8-11,13-14H2,2-6H3/t16-,19+,21-,22-,23+,25-,28-/m0/s1. The largest absolute Gasteiger partial charge is 0.456 e. The number of hydrogen-bond acceptors (Lipinski definition) is 8. The highest BCUT2D eigenvalue weighted by Gasteiger charge is 2.53. The Hall–Kier alpha value is -1.58. The van der Waals surface area contributed by atoms with E-state index in [9.17, 15) is 19.8 Å². The first-order valence-corrected chi connectivity index (χ1v) is 14.2. The van der Waals surface area contributed by atoms with Gasteiger partial charge in [0, 0.05) is 17.7 Å². The highest BCUT2D eigenvalue weighted by atomic mass is 35.5. The molecule has 2 N–H and O–H groups in total. The maximum Gasteiger partial charge on any atom is 0.309 e. The van der Waals surface area contributed by atoms with Crippen molar-refractivity contribution in [3.63, 3.8) is 0 Å². The van der Waals surface area contributed by atoms with Crippen molar-refractivity contribution in [3.8, 4) is 0 Å². The summed E-state index contributed by atoms with van der Waals surface area (Å²) in [5.74, 6) is -1.83. The number of nitrogens with zero attached hydrogens (tertiary/aromatic N) is 1. The van der Waals surface area contributed by atoms with Crippen LogP contribution >= 0.6 is 22.9 Å². The number of fused-ring (bicyclic) bond motifs is 1. The molecule has 0 radical (unpaired) electrons. The molecule has 0 aromatic carbocycles. The molecule has 3 rings (SSSR count). The summed E-state index contributed by atoms with van der Waals surface area (Å²) in [4.78, 5) is 30.9. The molecule has 206 valence electrons. The molecule has 7 atom stereocenters. The number of carbonyl (C=O) groups is 2. The van der Waals surface area contributed by atoms with Crippen molar-refractivity contribution < 1.29 is 29.3 Å². The van der Waals surface area contributed by atoms with Crippen molar-refractivity contribution >= 4 is 40.8 Å².